The van der Waals surface area contributed by atoms with Gasteiger partial charge in [0.05, 0.1) is 22.0 Å². The van der Waals surface area contributed by atoms with Gasteiger partial charge < -0.3 is 10.6 Å². The molecule has 3 heterocycles. The van der Waals surface area contributed by atoms with Gasteiger partial charge in [-0.25, -0.2) is 27.5 Å². The summed E-state index contributed by atoms with van der Waals surface area (Å²) in [4.78, 5) is 20.5. The summed E-state index contributed by atoms with van der Waals surface area (Å²) >= 11 is 0. The highest BCUT2D eigenvalue weighted by Gasteiger charge is 2.43. The molecule has 15 heteroatoms. The lowest BCUT2D eigenvalue weighted by atomic mass is 10.00. The van der Waals surface area contributed by atoms with Crippen LogP contribution in [0.2, 0.25) is 0 Å². The van der Waals surface area contributed by atoms with Crippen molar-refractivity contribution in [3.8, 4) is 11.3 Å². The molecule has 3 N–H and O–H groups in total. The molecule has 1 fully saturated rings. The van der Waals surface area contributed by atoms with E-state index in [4.69, 9.17) is 10.8 Å². The number of alkyl halides is 3. The molecule has 0 saturated heterocycles. The molecule has 2 aromatic heterocycles. The number of hydrogen-bond acceptors (Lipinski definition) is 7. The molecule has 2 aliphatic rings. The molecule has 2 aromatic carbocycles. The van der Waals surface area contributed by atoms with E-state index in [2.05, 4.69) is 14.7 Å². The molecule has 1 amide bonds. The molecule has 10 nitrogen and oxygen atoms in total. The lowest BCUT2D eigenvalue weighted by molar-refractivity contribution is -0.186. The molecule has 0 bridgehead atoms. The van der Waals surface area contributed by atoms with E-state index < -0.39 is 34.5 Å². The van der Waals surface area contributed by atoms with Crippen LogP contribution >= 0.6 is 0 Å². The summed E-state index contributed by atoms with van der Waals surface area (Å²) in [7, 11) is -4.34. The third kappa shape index (κ3) is 5.01. The number of anilines is 2. The molecule has 4 aromatic rings. The SMILES string of the molecule is Nc1ncnc2c1c(-c1ccc(NS(=O)(=O)c3ccc4c(c3)CN(C(=O)C(F)(F)F)CC4)c(F)c1)nn2C1CCCC1. The van der Waals surface area contributed by atoms with Crippen LogP contribution in [0, 0.1) is 5.82 Å². The molecular weight excluding hydrogens is 578 g/mol. The first-order valence-electron chi connectivity index (χ1n) is 13.2. The number of fused-ring (bicyclic) bond motifs is 2. The Hall–Kier alpha value is -4.27. The van der Waals surface area contributed by atoms with Crippen molar-refractivity contribution in [1.29, 1.82) is 0 Å². The largest absolute Gasteiger partial charge is 0.471 e. The summed E-state index contributed by atoms with van der Waals surface area (Å²) in [6.07, 6.45) is 0.412. The number of sulfonamides is 1. The number of hydrogen-bond donors (Lipinski definition) is 2. The maximum atomic E-state index is 15.3. The Kier molecular flexibility index (Phi) is 6.78. The molecule has 1 aliphatic carbocycles. The summed E-state index contributed by atoms with van der Waals surface area (Å²) in [6.45, 7) is -0.534. The van der Waals surface area contributed by atoms with Gasteiger partial charge in [-0.15, -0.1) is 0 Å². The van der Waals surface area contributed by atoms with E-state index in [1.54, 1.807) is 4.68 Å². The van der Waals surface area contributed by atoms with Crippen LogP contribution in [0.1, 0.15) is 42.9 Å². The number of nitrogens with two attached hydrogens (primary N) is 1. The Morgan fingerprint density at radius 3 is 2.52 bits per heavy atom. The molecule has 0 unspecified atom stereocenters. The number of rotatable bonds is 5. The Labute approximate surface area is 237 Å². The fourth-order valence-electron chi connectivity index (χ4n) is 5.60. The number of nitrogen functional groups attached to an aromatic ring is 1. The van der Waals surface area contributed by atoms with Crippen molar-refractivity contribution in [2.45, 2.75) is 55.8 Å². The summed E-state index contributed by atoms with van der Waals surface area (Å²) in [5.74, 6) is -2.68. The lowest BCUT2D eigenvalue weighted by Gasteiger charge is -2.29. The summed E-state index contributed by atoms with van der Waals surface area (Å²) < 4.78 is 84.4. The number of nitrogens with one attached hydrogen (secondary N) is 1. The monoisotopic (exact) mass is 603 g/mol. The second kappa shape index (κ2) is 10.2. The van der Waals surface area contributed by atoms with Gasteiger partial charge in [-0.05, 0) is 54.7 Å². The Morgan fingerprint density at radius 2 is 1.81 bits per heavy atom. The maximum absolute atomic E-state index is 15.3. The predicted octanol–water partition coefficient (Wildman–Crippen LogP) is 4.58. The Morgan fingerprint density at radius 1 is 1.05 bits per heavy atom. The molecule has 0 radical (unpaired) electrons. The maximum Gasteiger partial charge on any atom is 0.471 e. The van der Waals surface area contributed by atoms with Crippen LogP contribution < -0.4 is 10.5 Å². The van der Waals surface area contributed by atoms with Gasteiger partial charge in [0, 0.05) is 18.7 Å². The van der Waals surface area contributed by atoms with E-state index in [0.717, 1.165) is 31.7 Å². The minimum atomic E-state index is -5.04. The van der Waals surface area contributed by atoms with Crippen molar-refractivity contribution in [3.63, 3.8) is 0 Å². The van der Waals surface area contributed by atoms with Crippen molar-refractivity contribution in [3.05, 3.63) is 59.7 Å². The highest BCUT2D eigenvalue weighted by atomic mass is 32.2. The first-order valence-corrected chi connectivity index (χ1v) is 14.7. The zero-order chi connectivity index (χ0) is 29.8. The van der Waals surface area contributed by atoms with Crippen molar-refractivity contribution >= 4 is 38.5 Å². The first-order chi connectivity index (χ1) is 19.9. The number of benzene rings is 2. The number of halogens is 4. The van der Waals surface area contributed by atoms with Crippen molar-refractivity contribution in [2.75, 3.05) is 17.0 Å². The van der Waals surface area contributed by atoms with E-state index >= 15 is 4.39 Å². The van der Waals surface area contributed by atoms with Crippen LogP contribution in [0.25, 0.3) is 22.3 Å². The third-order valence-corrected chi connectivity index (χ3v) is 9.07. The van der Waals surface area contributed by atoms with Crippen LogP contribution in [0.3, 0.4) is 0 Å². The van der Waals surface area contributed by atoms with Gasteiger partial charge >= 0.3 is 12.1 Å². The fourth-order valence-corrected chi connectivity index (χ4v) is 6.72. The predicted molar refractivity (Wildman–Crippen MR) is 145 cm³/mol. The zero-order valence-electron chi connectivity index (χ0n) is 22.0. The highest BCUT2D eigenvalue weighted by Crippen LogP contribution is 2.37. The number of amides is 1. The minimum Gasteiger partial charge on any atom is -0.383 e. The van der Waals surface area contributed by atoms with E-state index in [0.29, 0.717) is 32.8 Å². The number of carbonyl (C=O) groups excluding carboxylic acids is 1. The summed E-state index contributed by atoms with van der Waals surface area (Å²) in [6, 6.07) is 7.99. The average Bonchev–Trinajstić information content (AvgIpc) is 3.61. The number of aromatic nitrogens is 4. The Bertz CT molecular complexity index is 1820. The minimum absolute atomic E-state index is 0.127. The van der Waals surface area contributed by atoms with Crippen LogP contribution in [0.4, 0.5) is 29.1 Å². The van der Waals surface area contributed by atoms with Gasteiger partial charge in [0.25, 0.3) is 10.0 Å². The van der Waals surface area contributed by atoms with Crippen LogP contribution in [0.5, 0.6) is 0 Å². The molecule has 42 heavy (non-hydrogen) atoms. The third-order valence-electron chi connectivity index (χ3n) is 7.71. The lowest BCUT2D eigenvalue weighted by Crippen LogP contribution is -2.43. The molecule has 6 rings (SSSR count). The zero-order valence-corrected chi connectivity index (χ0v) is 22.8. The van der Waals surface area contributed by atoms with E-state index in [-0.39, 0.29) is 41.0 Å². The van der Waals surface area contributed by atoms with Crippen molar-refractivity contribution in [1.82, 2.24) is 24.6 Å². The summed E-state index contributed by atoms with van der Waals surface area (Å²) in [5, 5.41) is 5.18. The smallest absolute Gasteiger partial charge is 0.383 e. The second-order valence-electron chi connectivity index (χ2n) is 10.4. The van der Waals surface area contributed by atoms with Gasteiger partial charge in [0.1, 0.15) is 23.7 Å². The molecule has 0 spiro atoms. The number of nitrogens with zero attached hydrogens (tertiary/aromatic N) is 5. The molecule has 220 valence electrons. The Balaban J connectivity index is 1.28. The first kappa shape index (κ1) is 27.9. The number of carbonyl (C=O) groups is 1. The van der Waals surface area contributed by atoms with Gasteiger partial charge in [-0.1, -0.05) is 25.0 Å². The van der Waals surface area contributed by atoms with Crippen LogP contribution in [0.15, 0.2) is 47.6 Å². The van der Waals surface area contributed by atoms with E-state index in [9.17, 15) is 26.4 Å². The standard InChI is InChI=1S/C27H25F4N7O3S/c28-20-12-16(23-22-24(32)33-14-34-25(22)38(35-23)18-3-1-2-4-18)6-8-21(20)36-42(40,41)19-7-5-15-9-10-37(13-17(15)11-19)26(39)27(29,30)31/h5-8,11-12,14,18,36H,1-4,9-10,13H2,(H2,32,33,34). The normalized spacial score (nSPS) is 16.1. The van der Waals surface area contributed by atoms with Gasteiger partial charge in [-0.3, -0.25) is 9.52 Å². The van der Waals surface area contributed by atoms with Gasteiger partial charge in [-0.2, -0.15) is 18.3 Å². The van der Waals surface area contributed by atoms with Crippen molar-refractivity contribution in [2.24, 2.45) is 0 Å². The van der Waals surface area contributed by atoms with Crippen LogP contribution in [-0.2, 0) is 27.8 Å². The van der Waals surface area contributed by atoms with Crippen molar-refractivity contribution < 1.29 is 30.8 Å². The van der Waals surface area contributed by atoms with E-state index in [1.807, 2.05) is 0 Å². The second-order valence-corrected chi connectivity index (χ2v) is 12.1. The molecule has 1 aliphatic heterocycles. The van der Waals surface area contributed by atoms with E-state index in [1.165, 1.54) is 36.7 Å². The molecular formula is C27H25F4N7O3S. The van der Waals surface area contributed by atoms with Gasteiger partial charge in [0.2, 0.25) is 0 Å². The quantitative estimate of drug-likeness (QED) is 0.319. The summed E-state index contributed by atoms with van der Waals surface area (Å²) in [5.41, 5.74) is 7.96. The molecule has 0 atom stereocenters. The molecule has 1 saturated carbocycles. The van der Waals surface area contributed by atoms with Gasteiger partial charge in [0.15, 0.2) is 5.65 Å². The average molecular weight is 604 g/mol. The highest BCUT2D eigenvalue weighted by molar-refractivity contribution is 7.92. The topological polar surface area (TPSA) is 136 Å². The fraction of sp³-hybridized carbons (Fsp3) is 0.333. The van der Waals surface area contributed by atoms with Crippen LogP contribution in [-0.4, -0.2) is 51.7 Å².